The highest BCUT2D eigenvalue weighted by molar-refractivity contribution is 5.91. The number of benzene rings is 1. The van der Waals surface area contributed by atoms with E-state index in [1.165, 1.54) is 0 Å². The quantitative estimate of drug-likeness (QED) is 0.928. The SMILES string of the molecule is O=C(O)CC1CCN(c2nncc3ccccc23)CC1. The van der Waals surface area contributed by atoms with Crippen molar-refractivity contribution in [3.05, 3.63) is 30.5 Å². The van der Waals surface area contributed by atoms with E-state index in [1.807, 2.05) is 18.2 Å². The van der Waals surface area contributed by atoms with Crippen LogP contribution < -0.4 is 4.90 Å². The van der Waals surface area contributed by atoms with Crippen LogP contribution in [0, 0.1) is 5.92 Å². The monoisotopic (exact) mass is 271 g/mol. The maximum Gasteiger partial charge on any atom is 0.303 e. The Labute approximate surface area is 117 Å². The molecular formula is C15H17N3O2. The third kappa shape index (κ3) is 2.57. The Hall–Kier alpha value is -2.17. The summed E-state index contributed by atoms with van der Waals surface area (Å²) in [6.45, 7) is 1.70. The lowest BCUT2D eigenvalue weighted by molar-refractivity contribution is -0.138. The molecule has 0 spiro atoms. The Morgan fingerprint density at radius 3 is 2.80 bits per heavy atom. The van der Waals surface area contributed by atoms with Crippen LogP contribution in [0.15, 0.2) is 30.5 Å². The van der Waals surface area contributed by atoms with Crippen molar-refractivity contribution in [3.8, 4) is 0 Å². The fourth-order valence-corrected chi connectivity index (χ4v) is 2.84. The second-order valence-electron chi connectivity index (χ2n) is 5.28. The topological polar surface area (TPSA) is 66.3 Å². The summed E-state index contributed by atoms with van der Waals surface area (Å²) in [7, 11) is 0. The number of carbonyl (C=O) groups is 1. The van der Waals surface area contributed by atoms with Crippen molar-refractivity contribution in [2.24, 2.45) is 5.92 Å². The second-order valence-corrected chi connectivity index (χ2v) is 5.28. The lowest BCUT2D eigenvalue weighted by atomic mass is 9.93. The predicted octanol–water partition coefficient (Wildman–Crippen LogP) is 2.32. The van der Waals surface area contributed by atoms with Gasteiger partial charge >= 0.3 is 5.97 Å². The number of anilines is 1. The van der Waals surface area contributed by atoms with Gasteiger partial charge in [-0.15, -0.1) is 5.10 Å². The third-order valence-corrected chi connectivity index (χ3v) is 3.93. The molecule has 2 heterocycles. The van der Waals surface area contributed by atoms with E-state index >= 15 is 0 Å². The first kappa shape index (κ1) is 12.8. The molecule has 0 radical (unpaired) electrons. The lowest BCUT2D eigenvalue weighted by Gasteiger charge is -2.32. The first-order chi connectivity index (χ1) is 9.74. The van der Waals surface area contributed by atoms with Gasteiger partial charge in [-0.2, -0.15) is 5.10 Å². The Balaban J connectivity index is 1.78. The van der Waals surface area contributed by atoms with E-state index in [9.17, 15) is 4.79 Å². The molecule has 1 N–H and O–H groups in total. The summed E-state index contributed by atoms with van der Waals surface area (Å²) in [6, 6.07) is 8.09. The number of hydrogen-bond donors (Lipinski definition) is 1. The summed E-state index contributed by atoms with van der Waals surface area (Å²) in [4.78, 5) is 13.0. The van der Waals surface area contributed by atoms with Gasteiger partial charge < -0.3 is 10.0 Å². The van der Waals surface area contributed by atoms with Crippen LogP contribution in [0.5, 0.6) is 0 Å². The van der Waals surface area contributed by atoms with Crippen molar-refractivity contribution in [1.29, 1.82) is 0 Å². The third-order valence-electron chi connectivity index (χ3n) is 3.93. The van der Waals surface area contributed by atoms with E-state index in [-0.39, 0.29) is 12.3 Å². The Bertz CT molecular complexity index is 616. The Morgan fingerprint density at radius 1 is 1.30 bits per heavy atom. The van der Waals surface area contributed by atoms with Gasteiger partial charge in [-0.05, 0) is 18.8 Å². The molecule has 5 heteroatoms. The molecule has 0 aliphatic carbocycles. The van der Waals surface area contributed by atoms with Gasteiger partial charge in [-0.3, -0.25) is 4.79 Å². The molecule has 20 heavy (non-hydrogen) atoms. The molecule has 1 aliphatic heterocycles. The normalized spacial score (nSPS) is 16.5. The highest BCUT2D eigenvalue weighted by Gasteiger charge is 2.23. The van der Waals surface area contributed by atoms with Crippen molar-refractivity contribution >= 4 is 22.6 Å². The summed E-state index contributed by atoms with van der Waals surface area (Å²) in [5, 5.41) is 19.4. The zero-order chi connectivity index (χ0) is 13.9. The average molecular weight is 271 g/mol. The molecule has 1 aliphatic rings. The molecule has 0 saturated carbocycles. The molecule has 0 bridgehead atoms. The van der Waals surface area contributed by atoms with Crippen molar-refractivity contribution in [2.45, 2.75) is 19.3 Å². The minimum absolute atomic E-state index is 0.273. The number of hydrogen-bond acceptors (Lipinski definition) is 4. The van der Waals surface area contributed by atoms with Gasteiger partial charge in [0.1, 0.15) is 0 Å². The van der Waals surface area contributed by atoms with Crippen LogP contribution in [0.3, 0.4) is 0 Å². The molecule has 3 rings (SSSR count). The number of fused-ring (bicyclic) bond motifs is 1. The molecule has 5 nitrogen and oxygen atoms in total. The molecule has 1 aromatic heterocycles. The Morgan fingerprint density at radius 2 is 2.05 bits per heavy atom. The zero-order valence-electron chi connectivity index (χ0n) is 11.2. The molecule has 104 valence electrons. The van der Waals surface area contributed by atoms with E-state index < -0.39 is 5.97 Å². The molecular weight excluding hydrogens is 254 g/mol. The Kier molecular flexibility index (Phi) is 3.50. The van der Waals surface area contributed by atoms with Crippen molar-refractivity contribution in [2.75, 3.05) is 18.0 Å². The minimum atomic E-state index is -0.701. The zero-order valence-corrected chi connectivity index (χ0v) is 11.2. The van der Waals surface area contributed by atoms with Gasteiger partial charge in [0.15, 0.2) is 5.82 Å². The molecule has 2 aromatic rings. The molecule has 1 saturated heterocycles. The van der Waals surface area contributed by atoms with E-state index in [4.69, 9.17) is 5.11 Å². The number of aromatic nitrogens is 2. The first-order valence-electron chi connectivity index (χ1n) is 6.91. The van der Waals surface area contributed by atoms with Crippen molar-refractivity contribution in [3.63, 3.8) is 0 Å². The molecule has 1 fully saturated rings. The van der Waals surface area contributed by atoms with Crippen molar-refractivity contribution < 1.29 is 9.90 Å². The average Bonchev–Trinajstić information content (AvgIpc) is 2.47. The highest BCUT2D eigenvalue weighted by atomic mass is 16.4. The van der Waals surface area contributed by atoms with Gasteiger partial charge in [0.2, 0.25) is 0 Å². The smallest absolute Gasteiger partial charge is 0.303 e. The van der Waals surface area contributed by atoms with Crippen LogP contribution in [0.2, 0.25) is 0 Å². The van der Waals surface area contributed by atoms with E-state index in [0.29, 0.717) is 0 Å². The van der Waals surface area contributed by atoms with Gasteiger partial charge in [0.05, 0.1) is 6.20 Å². The van der Waals surface area contributed by atoms with E-state index in [2.05, 4.69) is 21.2 Å². The largest absolute Gasteiger partial charge is 0.481 e. The van der Waals surface area contributed by atoms with E-state index in [1.54, 1.807) is 6.20 Å². The number of carboxylic acids is 1. The first-order valence-corrected chi connectivity index (χ1v) is 6.91. The molecule has 0 unspecified atom stereocenters. The molecule has 0 atom stereocenters. The summed E-state index contributed by atoms with van der Waals surface area (Å²) in [6.07, 6.45) is 3.85. The highest BCUT2D eigenvalue weighted by Crippen LogP contribution is 2.28. The van der Waals surface area contributed by atoms with E-state index in [0.717, 1.165) is 42.5 Å². The molecule has 0 amide bonds. The van der Waals surface area contributed by atoms with Crippen LogP contribution in [0.1, 0.15) is 19.3 Å². The van der Waals surface area contributed by atoms with Crippen molar-refractivity contribution in [1.82, 2.24) is 10.2 Å². The van der Waals surface area contributed by atoms with Gasteiger partial charge in [-0.1, -0.05) is 24.3 Å². The summed E-state index contributed by atoms with van der Waals surface area (Å²) >= 11 is 0. The maximum atomic E-state index is 10.8. The number of aliphatic carboxylic acids is 1. The fraction of sp³-hybridized carbons (Fsp3) is 0.400. The maximum absolute atomic E-state index is 10.8. The molecule has 1 aromatic carbocycles. The number of nitrogens with zero attached hydrogens (tertiary/aromatic N) is 3. The summed E-state index contributed by atoms with van der Waals surface area (Å²) < 4.78 is 0. The summed E-state index contributed by atoms with van der Waals surface area (Å²) in [5.74, 6) is 0.497. The van der Waals surface area contributed by atoms with Crippen LogP contribution >= 0.6 is 0 Å². The lowest BCUT2D eigenvalue weighted by Crippen LogP contribution is -2.35. The minimum Gasteiger partial charge on any atom is -0.481 e. The second kappa shape index (κ2) is 5.45. The standard InChI is InChI=1S/C15H17N3O2/c19-14(20)9-11-5-7-18(8-6-11)15-13-4-2-1-3-12(13)10-16-17-15/h1-4,10-11H,5-9H2,(H,19,20). The predicted molar refractivity (Wildman–Crippen MR) is 76.7 cm³/mol. The van der Waals surface area contributed by atoms with Gasteiger partial charge in [0, 0.05) is 30.3 Å². The van der Waals surface area contributed by atoms with Crippen LogP contribution in [-0.2, 0) is 4.79 Å². The number of carboxylic acid groups (broad SMARTS) is 1. The van der Waals surface area contributed by atoms with Crippen LogP contribution in [-0.4, -0.2) is 34.4 Å². The number of rotatable bonds is 3. The fourth-order valence-electron chi connectivity index (χ4n) is 2.84. The van der Waals surface area contributed by atoms with Crippen LogP contribution in [0.25, 0.3) is 10.8 Å². The van der Waals surface area contributed by atoms with Gasteiger partial charge in [0.25, 0.3) is 0 Å². The summed E-state index contributed by atoms with van der Waals surface area (Å²) in [5.41, 5.74) is 0. The van der Waals surface area contributed by atoms with Gasteiger partial charge in [-0.25, -0.2) is 0 Å². The number of piperidine rings is 1. The van der Waals surface area contributed by atoms with Crippen LogP contribution in [0.4, 0.5) is 5.82 Å².